The third kappa shape index (κ3) is 5.53. The van der Waals surface area contributed by atoms with Crippen LogP contribution in [0.2, 0.25) is 0 Å². The Morgan fingerprint density at radius 1 is 0.840 bits per heavy atom. The van der Waals surface area contributed by atoms with Crippen molar-refractivity contribution in [2.75, 3.05) is 24.0 Å². The number of Topliss-reactive ketones (excluding diaryl/α,β-unsaturated/α-hetero) is 3. The zero-order chi connectivity index (χ0) is 19.8. The minimum atomic E-state index is -2.76. The van der Waals surface area contributed by atoms with Gasteiger partial charge in [-0.1, -0.05) is 0 Å². The lowest BCUT2D eigenvalue weighted by Crippen LogP contribution is -2.62. The number of rotatable bonds is 13. The molecule has 0 aromatic rings. The molecule has 0 aliphatic rings. The molecule has 0 aliphatic carbocycles. The molecular formula is C14H22N2O7S2. The first-order valence-electron chi connectivity index (χ1n) is 7.10. The van der Waals surface area contributed by atoms with Crippen molar-refractivity contribution in [3.63, 3.8) is 0 Å². The summed E-state index contributed by atoms with van der Waals surface area (Å²) in [5.41, 5.74) is 6.18. The van der Waals surface area contributed by atoms with Gasteiger partial charge in [0.1, 0.15) is 0 Å². The van der Waals surface area contributed by atoms with E-state index in [1.807, 2.05) is 0 Å². The molecule has 0 bridgehead atoms. The van der Waals surface area contributed by atoms with E-state index in [0.717, 1.165) is 11.8 Å². The van der Waals surface area contributed by atoms with Crippen LogP contribution in [-0.2, 0) is 24.0 Å². The molecule has 0 aromatic carbocycles. The fourth-order valence-corrected chi connectivity index (χ4v) is 2.93. The van der Waals surface area contributed by atoms with Gasteiger partial charge in [-0.15, -0.1) is 0 Å². The van der Waals surface area contributed by atoms with E-state index in [9.17, 15) is 29.1 Å². The molecule has 25 heavy (non-hydrogen) atoms. The standard InChI is InChI=1S/C14H22N2O7S2/c1-24-6-5-13(15,11(20)21)8(17)3-4-9(18)14(16,12(22)23)10(19)7-25-2/h3-7,15-16H2,1-2H3,(H,20,21)(H,22,23). The number of carbonyl (C=O) groups excluding carboxylic acids is 3. The zero-order valence-corrected chi connectivity index (χ0v) is 15.6. The Hall–Kier alpha value is -1.43. The van der Waals surface area contributed by atoms with E-state index >= 15 is 0 Å². The maximum absolute atomic E-state index is 12.2. The highest BCUT2D eigenvalue weighted by Crippen LogP contribution is 2.18. The Morgan fingerprint density at radius 2 is 1.36 bits per heavy atom. The summed E-state index contributed by atoms with van der Waals surface area (Å²) < 4.78 is 0. The van der Waals surface area contributed by atoms with E-state index < -0.39 is 53.2 Å². The van der Waals surface area contributed by atoms with Crippen molar-refractivity contribution < 1.29 is 34.2 Å². The highest BCUT2D eigenvalue weighted by molar-refractivity contribution is 7.99. The average molecular weight is 394 g/mol. The van der Waals surface area contributed by atoms with E-state index in [2.05, 4.69) is 0 Å². The molecule has 0 fully saturated rings. The molecule has 0 rings (SSSR count). The Bertz CT molecular complexity index is 569. The monoisotopic (exact) mass is 394 g/mol. The second kappa shape index (κ2) is 9.90. The van der Waals surface area contributed by atoms with Crippen molar-refractivity contribution in [2.24, 2.45) is 11.5 Å². The molecule has 11 heteroatoms. The Kier molecular flexibility index (Phi) is 9.33. The highest BCUT2D eigenvalue weighted by Gasteiger charge is 2.49. The smallest absolute Gasteiger partial charge is 0.339 e. The van der Waals surface area contributed by atoms with Crippen LogP contribution in [0.1, 0.15) is 19.3 Å². The van der Waals surface area contributed by atoms with Crippen LogP contribution in [0.4, 0.5) is 0 Å². The molecule has 6 N–H and O–H groups in total. The molecule has 0 aliphatic heterocycles. The molecule has 0 amide bonds. The van der Waals surface area contributed by atoms with Gasteiger partial charge in [0.2, 0.25) is 5.54 Å². The van der Waals surface area contributed by atoms with Crippen molar-refractivity contribution in [2.45, 2.75) is 30.3 Å². The van der Waals surface area contributed by atoms with E-state index in [1.165, 1.54) is 18.0 Å². The summed E-state index contributed by atoms with van der Waals surface area (Å²) >= 11 is 2.30. The maximum atomic E-state index is 12.2. The summed E-state index contributed by atoms with van der Waals surface area (Å²) in [4.78, 5) is 58.8. The number of aliphatic carboxylic acids is 2. The third-order valence-corrected chi connectivity index (χ3v) is 4.81. The molecular weight excluding hydrogens is 372 g/mol. The fourth-order valence-electron chi connectivity index (χ4n) is 1.91. The molecule has 2 atom stereocenters. The van der Waals surface area contributed by atoms with Gasteiger partial charge in [0, 0.05) is 12.8 Å². The minimum absolute atomic E-state index is 0.144. The largest absolute Gasteiger partial charge is 0.480 e. The van der Waals surface area contributed by atoms with Gasteiger partial charge in [-0.2, -0.15) is 23.5 Å². The molecule has 142 valence electrons. The van der Waals surface area contributed by atoms with Crippen LogP contribution in [-0.4, -0.2) is 74.6 Å². The second-order valence-corrected chi connectivity index (χ2v) is 7.19. The van der Waals surface area contributed by atoms with Crippen molar-refractivity contribution in [1.82, 2.24) is 0 Å². The Balaban J connectivity index is 5.22. The number of carboxylic acid groups (broad SMARTS) is 2. The third-order valence-electron chi connectivity index (χ3n) is 3.65. The van der Waals surface area contributed by atoms with Crippen molar-refractivity contribution >= 4 is 52.8 Å². The van der Waals surface area contributed by atoms with Crippen molar-refractivity contribution in [1.29, 1.82) is 0 Å². The van der Waals surface area contributed by atoms with Gasteiger partial charge < -0.3 is 21.7 Å². The first-order valence-corrected chi connectivity index (χ1v) is 9.89. The maximum Gasteiger partial charge on any atom is 0.339 e. The summed E-state index contributed by atoms with van der Waals surface area (Å²) in [6.07, 6.45) is 1.80. The van der Waals surface area contributed by atoms with Crippen molar-refractivity contribution in [3.8, 4) is 0 Å². The quantitative estimate of drug-likeness (QED) is 0.286. The number of hydrogen-bond donors (Lipinski definition) is 4. The van der Waals surface area contributed by atoms with Gasteiger partial charge in [0.15, 0.2) is 22.9 Å². The van der Waals surface area contributed by atoms with Crippen LogP contribution in [0.3, 0.4) is 0 Å². The van der Waals surface area contributed by atoms with Crippen LogP contribution in [0.15, 0.2) is 0 Å². The molecule has 0 saturated heterocycles. The van der Waals surface area contributed by atoms with Gasteiger partial charge in [-0.25, -0.2) is 9.59 Å². The number of carbonyl (C=O) groups is 5. The summed E-state index contributed by atoms with van der Waals surface area (Å²) in [6, 6.07) is 0. The van der Waals surface area contributed by atoms with Gasteiger partial charge in [-0.05, 0) is 24.7 Å². The molecule has 0 heterocycles. The van der Waals surface area contributed by atoms with Gasteiger partial charge in [0.05, 0.1) is 5.75 Å². The second-order valence-electron chi connectivity index (χ2n) is 5.34. The SMILES string of the molecule is CSCCC(N)(C(=O)O)C(=O)CCC(=O)C(N)(C(=O)O)C(=O)CSC. The van der Waals surface area contributed by atoms with Crippen molar-refractivity contribution in [3.05, 3.63) is 0 Å². The lowest BCUT2D eigenvalue weighted by atomic mass is 9.84. The molecule has 2 unspecified atom stereocenters. The topological polar surface area (TPSA) is 178 Å². The van der Waals surface area contributed by atoms with E-state index in [4.69, 9.17) is 16.6 Å². The lowest BCUT2D eigenvalue weighted by Gasteiger charge is -2.24. The van der Waals surface area contributed by atoms with E-state index in [0.29, 0.717) is 5.75 Å². The number of thioether (sulfide) groups is 2. The fraction of sp³-hybridized carbons (Fsp3) is 0.643. The molecule has 0 spiro atoms. The number of hydrogen-bond acceptors (Lipinski definition) is 9. The molecule has 0 saturated carbocycles. The molecule has 0 radical (unpaired) electrons. The van der Waals surface area contributed by atoms with Gasteiger partial charge in [-0.3, -0.25) is 14.4 Å². The predicted octanol–water partition coefficient (Wildman–Crippen LogP) is -0.846. The number of carboxylic acids is 2. The minimum Gasteiger partial charge on any atom is -0.480 e. The highest BCUT2D eigenvalue weighted by atomic mass is 32.2. The first kappa shape index (κ1) is 23.6. The zero-order valence-electron chi connectivity index (χ0n) is 13.9. The van der Waals surface area contributed by atoms with Crippen LogP contribution in [0, 0.1) is 0 Å². The summed E-state index contributed by atoms with van der Waals surface area (Å²) in [5.74, 6) is -6.41. The van der Waals surface area contributed by atoms with Gasteiger partial charge in [0.25, 0.3) is 0 Å². The average Bonchev–Trinajstić information content (AvgIpc) is 2.55. The number of ketones is 3. The molecule has 9 nitrogen and oxygen atoms in total. The Morgan fingerprint density at radius 3 is 1.76 bits per heavy atom. The summed E-state index contributed by atoms with van der Waals surface area (Å²) in [6.45, 7) is 0. The summed E-state index contributed by atoms with van der Waals surface area (Å²) in [7, 11) is 0. The molecule has 0 aromatic heterocycles. The first-order chi connectivity index (χ1) is 11.5. The van der Waals surface area contributed by atoms with Crippen LogP contribution in [0.5, 0.6) is 0 Å². The lowest BCUT2D eigenvalue weighted by molar-refractivity contribution is -0.154. The van der Waals surface area contributed by atoms with Gasteiger partial charge >= 0.3 is 11.9 Å². The van der Waals surface area contributed by atoms with Crippen LogP contribution in [0.25, 0.3) is 0 Å². The number of nitrogens with two attached hydrogens (primary N) is 2. The normalized spacial score (nSPS) is 15.7. The Labute approximate surface area is 153 Å². The van der Waals surface area contributed by atoms with E-state index in [1.54, 1.807) is 6.26 Å². The van der Waals surface area contributed by atoms with Crippen LogP contribution < -0.4 is 11.5 Å². The van der Waals surface area contributed by atoms with E-state index in [-0.39, 0.29) is 12.2 Å². The van der Waals surface area contributed by atoms with Crippen LogP contribution >= 0.6 is 23.5 Å². The predicted molar refractivity (Wildman–Crippen MR) is 94.7 cm³/mol. The summed E-state index contributed by atoms with van der Waals surface area (Å²) in [5, 5.41) is 18.3.